The van der Waals surface area contributed by atoms with Crippen molar-refractivity contribution in [3.63, 3.8) is 0 Å². The molecule has 1 rings (SSSR count). The van der Waals surface area contributed by atoms with Crippen molar-refractivity contribution in [3.8, 4) is 0 Å². The second kappa shape index (κ2) is 29.0. The lowest BCUT2D eigenvalue weighted by molar-refractivity contribution is -0.142. The first-order valence-corrected chi connectivity index (χ1v) is 21.5. The Morgan fingerprint density at radius 3 is 1.65 bits per heavy atom. The second-order valence-corrected chi connectivity index (χ2v) is 16.5. The van der Waals surface area contributed by atoms with Crippen molar-refractivity contribution in [2.24, 2.45) is 34.8 Å². The standard InChI is InChI=1S/C40H75N11O9/c1-24(2)21-30(35(54)45-23-33(52)47-31(22-25(3)4)37(56)46-26(5)40(59)60)50-38(57)32-16-12-20-51(32)39(58)29(15-8-11-19-43)49-36(55)28(14-7-10-18-42)48-34(53)27(44)13-6-9-17-41/h24-32H,6-23,41-44H2,1-5H3,(H,45,54)(H,46,56)(H,47,52)(H,48,53)(H,49,55)(H,50,57)(H,59,60)/t26-,27-,28-,29-,30-,31-,32-/m0/s1. The molecule has 0 radical (unpaired) electrons. The number of rotatable bonds is 30. The molecule has 344 valence electrons. The van der Waals surface area contributed by atoms with Crippen molar-refractivity contribution >= 4 is 47.3 Å². The molecule has 15 N–H and O–H groups in total. The fraction of sp³-hybridized carbons (Fsp3) is 0.800. The largest absolute Gasteiger partial charge is 0.480 e. The summed E-state index contributed by atoms with van der Waals surface area (Å²) in [7, 11) is 0. The van der Waals surface area contributed by atoms with Crippen molar-refractivity contribution in [3.05, 3.63) is 0 Å². The van der Waals surface area contributed by atoms with Gasteiger partial charge in [0.25, 0.3) is 0 Å². The van der Waals surface area contributed by atoms with Gasteiger partial charge >= 0.3 is 5.97 Å². The van der Waals surface area contributed by atoms with E-state index in [0.717, 1.165) is 0 Å². The van der Waals surface area contributed by atoms with Gasteiger partial charge in [0.05, 0.1) is 12.6 Å². The molecule has 60 heavy (non-hydrogen) atoms. The number of carboxylic acids is 1. The van der Waals surface area contributed by atoms with Crippen LogP contribution in [0.4, 0.5) is 0 Å². The van der Waals surface area contributed by atoms with E-state index in [4.69, 9.17) is 22.9 Å². The molecule has 1 heterocycles. The molecule has 7 atom stereocenters. The van der Waals surface area contributed by atoms with Crippen LogP contribution in [-0.4, -0.2) is 132 Å². The molecular formula is C40H75N11O9. The third-order valence-electron chi connectivity index (χ3n) is 10.1. The highest BCUT2D eigenvalue weighted by Gasteiger charge is 2.39. The van der Waals surface area contributed by atoms with Crippen LogP contribution in [0.3, 0.4) is 0 Å². The molecule has 7 amide bonds. The molecule has 1 fully saturated rings. The summed E-state index contributed by atoms with van der Waals surface area (Å²) in [5.74, 6) is -5.46. The summed E-state index contributed by atoms with van der Waals surface area (Å²) in [5.41, 5.74) is 23.1. The van der Waals surface area contributed by atoms with Crippen LogP contribution in [0, 0.1) is 11.8 Å². The van der Waals surface area contributed by atoms with Crippen LogP contribution < -0.4 is 54.8 Å². The van der Waals surface area contributed by atoms with Gasteiger partial charge in [0, 0.05) is 6.54 Å². The van der Waals surface area contributed by atoms with Crippen molar-refractivity contribution in [1.29, 1.82) is 0 Å². The van der Waals surface area contributed by atoms with Crippen LogP contribution in [0.25, 0.3) is 0 Å². The highest BCUT2D eigenvalue weighted by Crippen LogP contribution is 2.21. The summed E-state index contributed by atoms with van der Waals surface area (Å²) in [6.07, 6.45) is 5.69. The first-order chi connectivity index (χ1) is 28.4. The zero-order valence-electron chi connectivity index (χ0n) is 36.4. The number of hydrogen-bond acceptors (Lipinski definition) is 12. The molecule has 0 saturated carbocycles. The van der Waals surface area contributed by atoms with E-state index in [0.29, 0.717) is 77.4 Å². The van der Waals surface area contributed by atoms with Gasteiger partial charge < -0.3 is 64.8 Å². The average molecular weight is 854 g/mol. The first-order valence-electron chi connectivity index (χ1n) is 21.5. The predicted molar refractivity (Wildman–Crippen MR) is 226 cm³/mol. The molecule has 1 aliphatic rings. The maximum atomic E-state index is 14.2. The van der Waals surface area contributed by atoms with Gasteiger partial charge in [0.15, 0.2) is 0 Å². The molecule has 20 heteroatoms. The summed E-state index contributed by atoms with van der Waals surface area (Å²) < 4.78 is 0. The first kappa shape index (κ1) is 53.6. The van der Waals surface area contributed by atoms with E-state index in [9.17, 15) is 43.5 Å². The molecule has 0 bridgehead atoms. The third-order valence-corrected chi connectivity index (χ3v) is 10.1. The summed E-state index contributed by atoms with van der Waals surface area (Å²) in [4.78, 5) is 107. The van der Waals surface area contributed by atoms with Gasteiger partial charge in [-0.15, -0.1) is 0 Å². The van der Waals surface area contributed by atoms with Gasteiger partial charge in [-0.1, -0.05) is 34.1 Å². The third kappa shape index (κ3) is 20.2. The maximum Gasteiger partial charge on any atom is 0.325 e. The van der Waals surface area contributed by atoms with E-state index in [1.54, 1.807) is 0 Å². The van der Waals surface area contributed by atoms with Crippen molar-refractivity contribution < 1.29 is 43.5 Å². The number of nitrogens with one attached hydrogen (secondary N) is 6. The topological polar surface area (TPSA) is 336 Å². The highest BCUT2D eigenvalue weighted by molar-refractivity contribution is 5.97. The minimum atomic E-state index is -1.24. The van der Waals surface area contributed by atoms with E-state index >= 15 is 0 Å². The van der Waals surface area contributed by atoms with Crippen molar-refractivity contribution in [1.82, 2.24) is 36.8 Å². The lowest BCUT2D eigenvalue weighted by Gasteiger charge is -2.31. The fourth-order valence-corrected chi connectivity index (χ4v) is 6.79. The minimum absolute atomic E-state index is 0.0295. The normalized spacial score (nSPS) is 16.9. The Kier molecular flexibility index (Phi) is 25.9. The Morgan fingerprint density at radius 1 is 0.617 bits per heavy atom. The average Bonchev–Trinajstić information content (AvgIpc) is 3.68. The number of hydrogen-bond donors (Lipinski definition) is 11. The molecule has 0 aromatic carbocycles. The van der Waals surface area contributed by atoms with Gasteiger partial charge in [0.2, 0.25) is 41.4 Å². The lowest BCUT2D eigenvalue weighted by atomic mass is 10.0. The SMILES string of the molecule is CC(C)C[C@H](NC(=O)CNC(=O)[C@H](CC(C)C)NC(=O)[C@@H]1CCCN1C(=O)[C@H](CCCCN)NC(=O)[C@H](CCCCN)NC(=O)[C@@H](N)CCCCN)C(=O)N[C@@H](C)C(=O)O. The van der Waals surface area contributed by atoms with E-state index in [2.05, 4.69) is 31.9 Å². The zero-order chi connectivity index (χ0) is 45.4. The number of likely N-dealkylation sites (tertiary alicyclic amines) is 1. The van der Waals surface area contributed by atoms with E-state index in [1.807, 2.05) is 27.7 Å². The van der Waals surface area contributed by atoms with E-state index < -0.39 is 96.2 Å². The van der Waals surface area contributed by atoms with Crippen LogP contribution >= 0.6 is 0 Å². The monoisotopic (exact) mass is 854 g/mol. The Balaban J connectivity index is 3.14. The zero-order valence-corrected chi connectivity index (χ0v) is 36.4. The van der Waals surface area contributed by atoms with Gasteiger partial charge in [0.1, 0.15) is 36.3 Å². The van der Waals surface area contributed by atoms with Gasteiger partial charge in [-0.05, 0) is 115 Å². The fourth-order valence-electron chi connectivity index (χ4n) is 6.79. The van der Waals surface area contributed by atoms with Crippen LogP contribution in [0.15, 0.2) is 0 Å². The van der Waals surface area contributed by atoms with Crippen LogP contribution in [0.2, 0.25) is 0 Å². The minimum Gasteiger partial charge on any atom is -0.480 e. The van der Waals surface area contributed by atoms with Crippen molar-refractivity contribution in [2.45, 2.75) is 160 Å². The molecule has 0 aromatic rings. The number of carboxylic acid groups (broad SMARTS) is 1. The molecule has 0 spiro atoms. The molecular weight excluding hydrogens is 779 g/mol. The molecule has 0 aliphatic carbocycles. The number of amides is 7. The molecule has 1 saturated heterocycles. The Morgan fingerprint density at radius 2 is 1.12 bits per heavy atom. The molecule has 20 nitrogen and oxygen atoms in total. The summed E-state index contributed by atoms with van der Waals surface area (Å²) >= 11 is 0. The van der Waals surface area contributed by atoms with E-state index in [-0.39, 0.29) is 44.1 Å². The Hall–Kier alpha value is -4.40. The van der Waals surface area contributed by atoms with Gasteiger partial charge in [-0.25, -0.2) is 0 Å². The molecule has 0 unspecified atom stereocenters. The van der Waals surface area contributed by atoms with Gasteiger partial charge in [-0.2, -0.15) is 0 Å². The van der Waals surface area contributed by atoms with Crippen LogP contribution in [0.5, 0.6) is 0 Å². The predicted octanol–water partition coefficient (Wildman–Crippen LogP) is -1.57. The highest BCUT2D eigenvalue weighted by atomic mass is 16.4. The lowest BCUT2D eigenvalue weighted by Crippen LogP contribution is -2.59. The Labute approximate surface area is 354 Å². The summed E-state index contributed by atoms with van der Waals surface area (Å²) in [6, 6.07) is -7.12. The van der Waals surface area contributed by atoms with Crippen molar-refractivity contribution in [2.75, 3.05) is 32.7 Å². The maximum absolute atomic E-state index is 14.2. The second-order valence-electron chi connectivity index (χ2n) is 16.5. The van der Waals surface area contributed by atoms with E-state index in [1.165, 1.54) is 11.8 Å². The molecule has 1 aliphatic heterocycles. The quantitative estimate of drug-likeness (QED) is 0.0365. The molecule has 0 aromatic heterocycles. The summed E-state index contributed by atoms with van der Waals surface area (Å²) in [5, 5.41) is 25.0. The number of aliphatic carboxylic acids is 1. The summed E-state index contributed by atoms with van der Waals surface area (Å²) in [6.45, 7) is 9.61. The number of nitrogens with zero attached hydrogens (tertiary/aromatic N) is 1. The number of carbonyl (C=O) groups is 8. The Bertz CT molecular complexity index is 1400. The van der Waals surface area contributed by atoms with Crippen LogP contribution in [-0.2, 0) is 38.4 Å². The van der Waals surface area contributed by atoms with Crippen LogP contribution in [0.1, 0.15) is 118 Å². The smallest absolute Gasteiger partial charge is 0.325 e. The number of unbranched alkanes of at least 4 members (excludes halogenated alkanes) is 3. The number of nitrogens with two attached hydrogens (primary N) is 4. The van der Waals surface area contributed by atoms with Gasteiger partial charge in [-0.3, -0.25) is 38.4 Å². The number of carbonyl (C=O) groups excluding carboxylic acids is 7.